The number of amides is 1. The molecule has 112 valence electrons. The smallest absolute Gasteiger partial charge is 0.276 e. The number of nitrogens with zero attached hydrogens (tertiary/aromatic N) is 2. The fourth-order valence-corrected chi connectivity index (χ4v) is 2.36. The van der Waals surface area contributed by atoms with Crippen molar-refractivity contribution in [1.82, 2.24) is 15.2 Å². The average molecular weight is 294 g/mol. The Hall–Kier alpha value is -2.69. The Labute approximate surface area is 128 Å². The average Bonchev–Trinajstić information content (AvgIpc) is 2.95. The SMILES string of the molecule is CC(C)Cc1cc(C(=O)Nc2cnc3ccccc3c2)n[nH]1. The molecule has 0 spiro atoms. The molecule has 0 aliphatic carbocycles. The van der Waals surface area contributed by atoms with Crippen molar-refractivity contribution in [1.29, 1.82) is 0 Å². The summed E-state index contributed by atoms with van der Waals surface area (Å²) < 4.78 is 0. The number of fused-ring (bicyclic) bond motifs is 1. The van der Waals surface area contributed by atoms with Crippen LogP contribution in [0.15, 0.2) is 42.6 Å². The van der Waals surface area contributed by atoms with Gasteiger partial charge in [0, 0.05) is 11.1 Å². The molecule has 0 aliphatic rings. The molecule has 5 nitrogen and oxygen atoms in total. The fourth-order valence-electron chi connectivity index (χ4n) is 2.36. The number of aromatic amines is 1. The number of carbonyl (C=O) groups is 1. The number of benzene rings is 1. The first-order valence-electron chi connectivity index (χ1n) is 7.32. The van der Waals surface area contributed by atoms with Crippen molar-refractivity contribution >= 4 is 22.5 Å². The molecular formula is C17H18N4O. The standard InChI is InChI=1S/C17H18N4O/c1-11(2)7-13-9-16(21-20-13)17(22)19-14-8-12-5-3-4-6-15(12)18-10-14/h3-6,8-11H,7H2,1-2H3,(H,19,22)(H,20,21). The molecule has 2 N–H and O–H groups in total. The number of anilines is 1. The highest BCUT2D eigenvalue weighted by atomic mass is 16.1. The second-order valence-corrected chi connectivity index (χ2v) is 5.75. The Bertz CT molecular complexity index is 807. The quantitative estimate of drug-likeness (QED) is 0.774. The number of hydrogen-bond donors (Lipinski definition) is 2. The number of hydrogen-bond acceptors (Lipinski definition) is 3. The van der Waals surface area contributed by atoms with E-state index in [1.165, 1.54) is 0 Å². The molecule has 0 fully saturated rings. The van der Waals surface area contributed by atoms with Crippen LogP contribution in [0, 0.1) is 5.92 Å². The molecule has 0 aliphatic heterocycles. The molecule has 0 atom stereocenters. The molecule has 0 bridgehead atoms. The molecule has 2 aromatic heterocycles. The fraction of sp³-hybridized carbons (Fsp3) is 0.235. The zero-order valence-corrected chi connectivity index (χ0v) is 12.6. The van der Waals surface area contributed by atoms with E-state index in [9.17, 15) is 4.79 Å². The molecule has 2 heterocycles. The summed E-state index contributed by atoms with van der Waals surface area (Å²) >= 11 is 0. The predicted octanol–water partition coefficient (Wildman–Crippen LogP) is 3.41. The van der Waals surface area contributed by atoms with Crippen LogP contribution in [0.1, 0.15) is 30.0 Å². The Morgan fingerprint density at radius 3 is 2.91 bits per heavy atom. The minimum absolute atomic E-state index is 0.233. The summed E-state index contributed by atoms with van der Waals surface area (Å²) in [6, 6.07) is 11.5. The van der Waals surface area contributed by atoms with Crippen molar-refractivity contribution in [2.75, 3.05) is 5.32 Å². The highest BCUT2D eigenvalue weighted by Crippen LogP contribution is 2.17. The number of pyridine rings is 1. The van der Waals surface area contributed by atoms with E-state index < -0.39 is 0 Å². The molecule has 0 radical (unpaired) electrons. The van der Waals surface area contributed by atoms with Gasteiger partial charge in [-0.25, -0.2) is 0 Å². The van der Waals surface area contributed by atoms with Gasteiger partial charge in [0.25, 0.3) is 5.91 Å². The van der Waals surface area contributed by atoms with E-state index in [1.54, 1.807) is 12.3 Å². The lowest BCUT2D eigenvalue weighted by molar-refractivity contribution is 0.102. The van der Waals surface area contributed by atoms with Crippen LogP contribution in [0.25, 0.3) is 10.9 Å². The first-order chi connectivity index (χ1) is 10.6. The van der Waals surface area contributed by atoms with Gasteiger partial charge >= 0.3 is 0 Å². The molecule has 22 heavy (non-hydrogen) atoms. The van der Waals surface area contributed by atoms with Crippen molar-refractivity contribution in [3.8, 4) is 0 Å². The Morgan fingerprint density at radius 1 is 1.27 bits per heavy atom. The van der Waals surface area contributed by atoms with Crippen LogP contribution in [-0.4, -0.2) is 21.1 Å². The van der Waals surface area contributed by atoms with E-state index in [4.69, 9.17) is 0 Å². The Balaban J connectivity index is 1.76. The maximum atomic E-state index is 12.2. The predicted molar refractivity (Wildman–Crippen MR) is 86.8 cm³/mol. The maximum absolute atomic E-state index is 12.2. The summed E-state index contributed by atoms with van der Waals surface area (Å²) in [6.45, 7) is 4.25. The van der Waals surface area contributed by atoms with Gasteiger partial charge in [0.2, 0.25) is 0 Å². The zero-order valence-electron chi connectivity index (χ0n) is 12.6. The Morgan fingerprint density at radius 2 is 2.09 bits per heavy atom. The van der Waals surface area contributed by atoms with Gasteiger partial charge in [0.1, 0.15) is 0 Å². The van der Waals surface area contributed by atoms with Crippen LogP contribution in [0.5, 0.6) is 0 Å². The number of carbonyl (C=O) groups excluding carboxylic acids is 1. The third-order valence-corrected chi connectivity index (χ3v) is 3.34. The van der Waals surface area contributed by atoms with Crippen molar-refractivity contribution in [3.63, 3.8) is 0 Å². The third kappa shape index (κ3) is 3.14. The third-order valence-electron chi connectivity index (χ3n) is 3.34. The first-order valence-corrected chi connectivity index (χ1v) is 7.32. The van der Waals surface area contributed by atoms with Crippen LogP contribution in [0.2, 0.25) is 0 Å². The maximum Gasteiger partial charge on any atom is 0.276 e. The van der Waals surface area contributed by atoms with E-state index in [-0.39, 0.29) is 5.91 Å². The highest BCUT2D eigenvalue weighted by molar-refractivity contribution is 6.03. The van der Waals surface area contributed by atoms with E-state index >= 15 is 0 Å². The monoisotopic (exact) mass is 294 g/mol. The van der Waals surface area contributed by atoms with Crippen LogP contribution in [-0.2, 0) is 6.42 Å². The summed E-state index contributed by atoms with van der Waals surface area (Å²) in [4.78, 5) is 16.6. The van der Waals surface area contributed by atoms with E-state index in [0.717, 1.165) is 23.0 Å². The molecule has 0 saturated heterocycles. The van der Waals surface area contributed by atoms with Gasteiger partial charge in [-0.3, -0.25) is 14.9 Å². The van der Waals surface area contributed by atoms with E-state index in [0.29, 0.717) is 17.3 Å². The normalized spacial score (nSPS) is 11.0. The summed E-state index contributed by atoms with van der Waals surface area (Å²) in [5.74, 6) is 0.282. The number of H-pyrrole nitrogens is 1. The van der Waals surface area contributed by atoms with Crippen molar-refractivity contribution in [2.45, 2.75) is 20.3 Å². The largest absolute Gasteiger partial charge is 0.319 e. The second-order valence-electron chi connectivity index (χ2n) is 5.75. The van der Waals surface area contributed by atoms with Gasteiger partial charge in [-0.05, 0) is 30.5 Å². The van der Waals surface area contributed by atoms with Crippen LogP contribution in [0.3, 0.4) is 0 Å². The lowest BCUT2D eigenvalue weighted by atomic mass is 10.1. The van der Waals surface area contributed by atoms with Gasteiger partial charge in [0.15, 0.2) is 5.69 Å². The van der Waals surface area contributed by atoms with Gasteiger partial charge < -0.3 is 5.32 Å². The first kappa shape index (κ1) is 14.3. The minimum atomic E-state index is -0.233. The molecule has 3 aromatic rings. The van der Waals surface area contributed by atoms with Gasteiger partial charge in [0.05, 0.1) is 17.4 Å². The molecular weight excluding hydrogens is 276 g/mol. The zero-order chi connectivity index (χ0) is 15.5. The van der Waals surface area contributed by atoms with Gasteiger partial charge in [-0.1, -0.05) is 32.0 Å². The lowest BCUT2D eigenvalue weighted by Crippen LogP contribution is -2.12. The Kier molecular flexibility index (Phi) is 3.87. The number of nitrogens with one attached hydrogen (secondary N) is 2. The number of rotatable bonds is 4. The number of aromatic nitrogens is 3. The van der Waals surface area contributed by atoms with E-state index in [1.807, 2.05) is 30.3 Å². The molecule has 0 saturated carbocycles. The minimum Gasteiger partial charge on any atom is -0.319 e. The summed E-state index contributed by atoms with van der Waals surface area (Å²) in [7, 11) is 0. The number of para-hydroxylation sites is 1. The van der Waals surface area contributed by atoms with Gasteiger partial charge in [-0.2, -0.15) is 5.10 Å². The summed E-state index contributed by atoms with van der Waals surface area (Å²) in [5, 5.41) is 10.8. The van der Waals surface area contributed by atoms with Crippen LogP contribution in [0.4, 0.5) is 5.69 Å². The molecule has 5 heteroatoms. The second kappa shape index (κ2) is 5.97. The molecule has 1 aromatic carbocycles. The van der Waals surface area contributed by atoms with Crippen LogP contribution < -0.4 is 5.32 Å². The van der Waals surface area contributed by atoms with Gasteiger partial charge in [-0.15, -0.1) is 0 Å². The lowest BCUT2D eigenvalue weighted by Gasteiger charge is -2.04. The molecule has 1 amide bonds. The summed E-state index contributed by atoms with van der Waals surface area (Å²) in [5.41, 5.74) is 2.93. The van der Waals surface area contributed by atoms with E-state index in [2.05, 4.69) is 34.3 Å². The molecule has 3 rings (SSSR count). The topological polar surface area (TPSA) is 70.7 Å². The highest BCUT2D eigenvalue weighted by Gasteiger charge is 2.12. The van der Waals surface area contributed by atoms with Crippen molar-refractivity contribution in [2.24, 2.45) is 5.92 Å². The summed E-state index contributed by atoms with van der Waals surface area (Å²) in [6.07, 6.45) is 2.53. The van der Waals surface area contributed by atoms with Crippen LogP contribution >= 0.6 is 0 Å². The van der Waals surface area contributed by atoms with Crippen molar-refractivity contribution < 1.29 is 4.79 Å². The molecule has 0 unspecified atom stereocenters. The van der Waals surface area contributed by atoms with Crippen molar-refractivity contribution in [3.05, 3.63) is 54.0 Å².